The minimum atomic E-state index is -4.60. The van der Waals surface area contributed by atoms with Crippen molar-refractivity contribution in [3.63, 3.8) is 0 Å². The molecule has 0 heterocycles. The van der Waals surface area contributed by atoms with Gasteiger partial charge in [0.1, 0.15) is 0 Å². The van der Waals surface area contributed by atoms with Crippen LogP contribution in [0.15, 0.2) is 29.2 Å². The number of nitrogens with one attached hydrogen (secondary N) is 1. The van der Waals surface area contributed by atoms with Crippen LogP contribution < -0.4 is 5.32 Å². The molecule has 0 radical (unpaired) electrons. The molecule has 0 aliphatic heterocycles. The van der Waals surface area contributed by atoms with Gasteiger partial charge in [-0.15, -0.1) is 0 Å². The molecule has 1 atom stereocenters. The Kier molecular flexibility index (Phi) is 4.94. The number of halogens is 3. The molecule has 1 aromatic carbocycles. The van der Waals surface area contributed by atoms with E-state index in [1.54, 1.807) is 0 Å². The first-order valence-electron chi connectivity index (χ1n) is 5.39. The van der Waals surface area contributed by atoms with Gasteiger partial charge in [-0.2, -0.15) is 13.2 Å². The van der Waals surface area contributed by atoms with Gasteiger partial charge in [-0.1, -0.05) is 6.07 Å². The van der Waals surface area contributed by atoms with E-state index in [-0.39, 0.29) is 6.54 Å². The number of sulfone groups is 1. The summed E-state index contributed by atoms with van der Waals surface area (Å²) in [6.07, 6.45) is -5.78. The highest BCUT2D eigenvalue weighted by atomic mass is 32.2. The van der Waals surface area contributed by atoms with Crippen molar-refractivity contribution in [1.29, 1.82) is 0 Å². The molecule has 19 heavy (non-hydrogen) atoms. The lowest BCUT2D eigenvalue weighted by molar-refractivity contribution is -0.137. The summed E-state index contributed by atoms with van der Waals surface area (Å²) >= 11 is 0. The number of hydrogen-bond acceptors (Lipinski definition) is 4. The number of rotatable bonds is 5. The molecule has 4 nitrogen and oxygen atoms in total. The maximum atomic E-state index is 12.5. The van der Waals surface area contributed by atoms with E-state index in [1.165, 1.54) is 7.05 Å². The van der Waals surface area contributed by atoms with Gasteiger partial charge in [0.2, 0.25) is 0 Å². The summed E-state index contributed by atoms with van der Waals surface area (Å²) in [4.78, 5) is -0.447. The van der Waals surface area contributed by atoms with E-state index in [4.69, 9.17) is 0 Å². The van der Waals surface area contributed by atoms with Crippen LogP contribution in [0.1, 0.15) is 5.56 Å². The average Bonchev–Trinajstić information content (AvgIpc) is 2.27. The van der Waals surface area contributed by atoms with Crippen LogP contribution in [0.3, 0.4) is 0 Å². The molecule has 0 aliphatic carbocycles. The van der Waals surface area contributed by atoms with E-state index in [2.05, 4.69) is 5.32 Å². The first-order valence-corrected chi connectivity index (χ1v) is 7.04. The molecule has 1 aromatic rings. The molecule has 0 aliphatic rings. The fourth-order valence-electron chi connectivity index (χ4n) is 1.51. The van der Waals surface area contributed by atoms with Gasteiger partial charge in [0.15, 0.2) is 9.84 Å². The monoisotopic (exact) mass is 297 g/mol. The average molecular weight is 297 g/mol. The van der Waals surface area contributed by atoms with Gasteiger partial charge < -0.3 is 10.4 Å². The van der Waals surface area contributed by atoms with Crippen LogP contribution in [0.25, 0.3) is 0 Å². The Bertz CT molecular complexity index is 528. The summed E-state index contributed by atoms with van der Waals surface area (Å²) < 4.78 is 61.1. The summed E-state index contributed by atoms with van der Waals surface area (Å²) in [5.41, 5.74) is -1.03. The molecule has 0 spiro atoms. The topological polar surface area (TPSA) is 66.4 Å². The zero-order valence-corrected chi connectivity index (χ0v) is 10.9. The molecule has 1 unspecified atom stereocenters. The van der Waals surface area contributed by atoms with Crippen molar-refractivity contribution in [2.45, 2.75) is 17.2 Å². The van der Waals surface area contributed by atoms with Crippen LogP contribution in [-0.4, -0.2) is 39.0 Å². The summed E-state index contributed by atoms with van der Waals surface area (Å²) in [7, 11) is -2.43. The van der Waals surface area contributed by atoms with E-state index < -0.39 is 38.3 Å². The Morgan fingerprint density at radius 3 is 2.53 bits per heavy atom. The van der Waals surface area contributed by atoms with Gasteiger partial charge in [-0.25, -0.2) is 8.42 Å². The standard InChI is InChI=1S/C11H14F3NO3S/c1-15-6-9(16)7-19(17,18)10-4-2-3-8(5-10)11(12,13)14/h2-5,9,15-16H,6-7H2,1H3. The van der Waals surface area contributed by atoms with Gasteiger partial charge in [-0.3, -0.25) is 0 Å². The van der Waals surface area contributed by atoms with Gasteiger partial charge in [0.25, 0.3) is 0 Å². The molecular weight excluding hydrogens is 283 g/mol. The summed E-state index contributed by atoms with van der Waals surface area (Å²) in [6, 6.07) is 3.47. The maximum Gasteiger partial charge on any atom is 0.416 e. The van der Waals surface area contributed by atoms with Gasteiger partial charge in [0.05, 0.1) is 22.3 Å². The van der Waals surface area contributed by atoms with Crippen molar-refractivity contribution in [3.05, 3.63) is 29.8 Å². The van der Waals surface area contributed by atoms with E-state index in [9.17, 15) is 26.7 Å². The Hall–Kier alpha value is -1.12. The number of aliphatic hydroxyl groups is 1. The second-order valence-corrected chi connectivity index (χ2v) is 6.05. The van der Waals surface area contributed by atoms with Crippen LogP contribution in [0.2, 0.25) is 0 Å². The predicted molar refractivity (Wildman–Crippen MR) is 63.4 cm³/mol. The molecule has 0 bridgehead atoms. The largest absolute Gasteiger partial charge is 0.416 e. The molecule has 0 saturated heterocycles. The van der Waals surface area contributed by atoms with Gasteiger partial charge in [0, 0.05) is 6.54 Å². The fraction of sp³-hybridized carbons (Fsp3) is 0.455. The van der Waals surface area contributed by atoms with E-state index in [0.717, 1.165) is 18.2 Å². The third-order valence-electron chi connectivity index (χ3n) is 2.37. The Morgan fingerprint density at radius 2 is 2.00 bits per heavy atom. The number of likely N-dealkylation sites (N-methyl/N-ethyl adjacent to an activating group) is 1. The van der Waals surface area contributed by atoms with Crippen molar-refractivity contribution in [2.24, 2.45) is 0 Å². The van der Waals surface area contributed by atoms with Crippen LogP contribution in [-0.2, 0) is 16.0 Å². The third kappa shape index (κ3) is 4.48. The lowest BCUT2D eigenvalue weighted by atomic mass is 10.2. The number of hydrogen-bond donors (Lipinski definition) is 2. The number of benzene rings is 1. The Labute approximate surface area is 109 Å². The lowest BCUT2D eigenvalue weighted by Gasteiger charge is -2.12. The first-order chi connectivity index (χ1) is 8.66. The molecule has 2 N–H and O–H groups in total. The fourth-order valence-corrected chi connectivity index (χ4v) is 2.92. The highest BCUT2D eigenvalue weighted by Gasteiger charge is 2.31. The zero-order valence-electron chi connectivity index (χ0n) is 10.1. The molecule has 0 amide bonds. The molecular formula is C11H14F3NO3S. The number of alkyl halides is 3. The lowest BCUT2D eigenvalue weighted by Crippen LogP contribution is -2.30. The van der Waals surface area contributed by atoms with Crippen molar-refractivity contribution < 1.29 is 26.7 Å². The Balaban J connectivity index is 3.02. The Morgan fingerprint density at radius 1 is 1.37 bits per heavy atom. The molecule has 8 heteroatoms. The van der Waals surface area contributed by atoms with Crippen LogP contribution in [0.4, 0.5) is 13.2 Å². The smallest absolute Gasteiger partial charge is 0.391 e. The highest BCUT2D eigenvalue weighted by molar-refractivity contribution is 7.91. The van der Waals surface area contributed by atoms with E-state index in [1.807, 2.05) is 0 Å². The van der Waals surface area contributed by atoms with Gasteiger partial charge >= 0.3 is 6.18 Å². The van der Waals surface area contributed by atoms with Gasteiger partial charge in [-0.05, 0) is 25.2 Å². The molecule has 0 fully saturated rings. The van der Waals surface area contributed by atoms with E-state index >= 15 is 0 Å². The van der Waals surface area contributed by atoms with Crippen LogP contribution in [0.5, 0.6) is 0 Å². The van der Waals surface area contributed by atoms with Crippen molar-refractivity contribution >= 4 is 9.84 Å². The van der Waals surface area contributed by atoms with Crippen molar-refractivity contribution in [2.75, 3.05) is 19.3 Å². The normalized spacial score (nSPS) is 14.4. The quantitative estimate of drug-likeness (QED) is 0.853. The summed E-state index contributed by atoms with van der Waals surface area (Å²) in [6.45, 7) is 0.0399. The summed E-state index contributed by atoms with van der Waals surface area (Å²) in [5.74, 6) is -0.630. The first kappa shape index (κ1) is 15.9. The van der Waals surface area contributed by atoms with Crippen LogP contribution in [0, 0.1) is 0 Å². The molecule has 0 saturated carbocycles. The molecule has 1 rings (SSSR count). The minimum Gasteiger partial charge on any atom is -0.391 e. The number of aliphatic hydroxyl groups excluding tert-OH is 1. The molecule has 108 valence electrons. The second-order valence-electron chi connectivity index (χ2n) is 4.02. The van der Waals surface area contributed by atoms with E-state index in [0.29, 0.717) is 6.07 Å². The highest BCUT2D eigenvalue weighted by Crippen LogP contribution is 2.30. The van der Waals surface area contributed by atoms with Crippen molar-refractivity contribution in [1.82, 2.24) is 5.32 Å². The van der Waals surface area contributed by atoms with Crippen LogP contribution >= 0.6 is 0 Å². The minimum absolute atomic E-state index is 0.0399. The SMILES string of the molecule is CNCC(O)CS(=O)(=O)c1cccc(C(F)(F)F)c1. The third-order valence-corrected chi connectivity index (χ3v) is 4.17. The van der Waals surface area contributed by atoms with Crippen molar-refractivity contribution in [3.8, 4) is 0 Å². The predicted octanol–water partition coefficient (Wildman–Crippen LogP) is 1.06. The summed E-state index contributed by atoms with van der Waals surface area (Å²) in [5, 5.41) is 12.0. The zero-order chi connectivity index (χ0) is 14.7. The molecule has 0 aromatic heterocycles. The second kappa shape index (κ2) is 5.89. The maximum absolute atomic E-state index is 12.5.